The summed E-state index contributed by atoms with van der Waals surface area (Å²) in [7, 11) is 0. The van der Waals surface area contributed by atoms with Crippen LogP contribution in [0, 0.1) is 0 Å². The summed E-state index contributed by atoms with van der Waals surface area (Å²) in [5, 5.41) is 0. The average molecular weight is 869 g/mol. The van der Waals surface area contributed by atoms with Gasteiger partial charge in [-0.05, 0) is 57.8 Å². The highest BCUT2D eigenvalue weighted by atomic mass is 16.6. The minimum atomic E-state index is -0.781. The maximum atomic E-state index is 12.8. The Bertz CT molecular complexity index is 1090. The lowest BCUT2D eigenvalue weighted by Crippen LogP contribution is -2.30. The molecule has 0 aromatic rings. The minimum absolute atomic E-state index is 0.0794. The van der Waals surface area contributed by atoms with Gasteiger partial charge in [0, 0.05) is 19.3 Å². The quantitative estimate of drug-likeness (QED) is 0.0262. The molecule has 0 aliphatic rings. The molecule has 0 saturated heterocycles. The predicted octanol–water partition coefficient (Wildman–Crippen LogP) is 17.5. The maximum Gasteiger partial charge on any atom is 0.306 e. The summed E-state index contributed by atoms with van der Waals surface area (Å²) < 4.78 is 16.8. The maximum absolute atomic E-state index is 12.8. The number of allylic oxidation sites excluding steroid dienone is 8. The van der Waals surface area contributed by atoms with Crippen LogP contribution in [0.25, 0.3) is 0 Å². The Balaban J connectivity index is 4.39. The van der Waals surface area contributed by atoms with Crippen LogP contribution < -0.4 is 0 Å². The third-order valence-corrected chi connectivity index (χ3v) is 11.6. The molecule has 0 aromatic heterocycles. The zero-order valence-electron chi connectivity index (χ0n) is 41.1. The summed E-state index contributed by atoms with van der Waals surface area (Å²) in [6, 6.07) is 0. The first-order chi connectivity index (χ1) is 30.5. The fourth-order valence-corrected chi connectivity index (χ4v) is 7.61. The molecule has 0 aliphatic carbocycles. The number of rotatable bonds is 48. The number of carbonyl (C=O) groups excluding carboxylic acids is 3. The van der Waals surface area contributed by atoms with Crippen molar-refractivity contribution in [2.45, 2.75) is 277 Å². The van der Waals surface area contributed by atoms with Crippen molar-refractivity contribution < 1.29 is 28.6 Å². The van der Waals surface area contributed by atoms with Crippen LogP contribution in [-0.2, 0) is 28.6 Å². The second-order valence-corrected chi connectivity index (χ2v) is 17.8. The van der Waals surface area contributed by atoms with Crippen LogP contribution in [0.5, 0.6) is 0 Å². The standard InChI is InChI=1S/C56H100O6/c1-4-7-10-13-16-19-22-25-27-29-31-34-37-40-43-46-49-55(58)61-52-53(51-60-54(57)48-45-42-39-36-33-24-21-18-15-12-9-6-3)62-56(59)50-47-44-41-38-35-32-30-28-26-23-20-17-14-11-8-5-2/h7,10,16,19,25,27,31,34,53H,4-6,8-9,11-15,17-18,20-24,26,28-30,32-33,35-52H2,1-3H3/b10-7-,19-16-,27-25-,34-31-. The summed E-state index contributed by atoms with van der Waals surface area (Å²) >= 11 is 0. The lowest BCUT2D eigenvalue weighted by Gasteiger charge is -2.18. The number of ether oxygens (including phenoxy) is 3. The Hall–Kier alpha value is -2.63. The third kappa shape index (κ3) is 48.4. The van der Waals surface area contributed by atoms with E-state index < -0.39 is 6.10 Å². The van der Waals surface area contributed by atoms with Crippen LogP contribution >= 0.6 is 0 Å². The van der Waals surface area contributed by atoms with Crippen molar-refractivity contribution in [3.8, 4) is 0 Å². The third-order valence-electron chi connectivity index (χ3n) is 11.6. The molecule has 62 heavy (non-hydrogen) atoms. The Labute approximate surface area is 384 Å². The van der Waals surface area contributed by atoms with Crippen LogP contribution in [0.3, 0.4) is 0 Å². The lowest BCUT2D eigenvalue weighted by molar-refractivity contribution is -0.167. The van der Waals surface area contributed by atoms with Crippen molar-refractivity contribution in [3.63, 3.8) is 0 Å². The fourth-order valence-electron chi connectivity index (χ4n) is 7.61. The van der Waals surface area contributed by atoms with Crippen LogP contribution in [0.4, 0.5) is 0 Å². The summed E-state index contributed by atoms with van der Waals surface area (Å²) in [5.74, 6) is -0.900. The van der Waals surface area contributed by atoms with Crippen molar-refractivity contribution in [3.05, 3.63) is 48.6 Å². The highest BCUT2D eigenvalue weighted by molar-refractivity contribution is 5.71. The summed E-state index contributed by atoms with van der Waals surface area (Å²) in [6.45, 7) is 6.52. The number of hydrogen-bond donors (Lipinski definition) is 0. The molecule has 0 rings (SSSR count). The van der Waals surface area contributed by atoms with Gasteiger partial charge in [0.05, 0.1) is 0 Å². The van der Waals surface area contributed by atoms with E-state index in [0.29, 0.717) is 19.3 Å². The number of hydrogen-bond acceptors (Lipinski definition) is 6. The van der Waals surface area contributed by atoms with E-state index in [1.54, 1.807) is 0 Å². The largest absolute Gasteiger partial charge is 0.462 e. The second kappa shape index (κ2) is 51.0. The first-order valence-corrected chi connectivity index (χ1v) is 26.6. The number of unbranched alkanes of at least 4 members (excludes halogenated alkanes) is 29. The van der Waals surface area contributed by atoms with E-state index in [0.717, 1.165) is 89.9 Å². The Morgan fingerprint density at radius 3 is 0.984 bits per heavy atom. The van der Waals surface area contributed by atoms with E-state index in [4.69, 9.17) is 14.2 Å². The topological polar surface area (TPSA) is 78.9 Å². The number of carbonyl (C=O) groups is 3. The van der Waals surface area contributed by atoms with E-state index in [1.807, 2.05) is 0 Å². The molecule has 0 saturated carbocycles. The van der Waals surface area contributed by atoms with Gasteiger partial charge in [-0.2, -0.15) is 0 Å². The molecule has 1 atom stereocenters. The molecule has 1 unspecified atom stereocenters. The van der Waals surface area contributed by atoms with Gasteiger partial charge < -0.3 is 14.2 Å². The van der Waals surface area contributed by atoms with Gasteiger partial charge in [-0.1, -0.05) is 243 Å². The van der Waals surface area contributed by atoms with Crippen LogP contribution in [-0.4, -0.2) is 37.2 Å². The molecule has 360 valence electrons. The summed E-state index contributed by atoms with van der Waals surface area (Å²) in [5.41, 5.74) is 0. The zero-order valence-corrected chi connectivity index (χ0v) is 41.1. The van der Waals surface area contributed by atoms with Crippen molar-refractivity contribution in [1.29, 1.82) is 0 Å². The van der Waals surface area contributed by atoms with E-state index in [9.17, 15) is 14.4 Å². The minimum Gasteiger partial charge on any atom is -0.462 e. The predicted molar refractivity (Wildman–Crippen MR) is 265 cm³/mol. The van der Waals surface area contributed by atoms with Gasteiger partial charge in [-0.15, -0.1) is 0 Å². The Kier molecular flexibility index (Phi) is 48.8. The smallest absolute Gasteiger partial charge is 0.306 e. The first kappa shape index (κ1) is 59.4. The molecule has 0 amide bonds. The van der Waals surface area contributed by atoms with Gasteiger partial charge in [-0.25, -0.2) is 0 Å². The molecule has 0 spiro atoms. The van der Waals surface area contributed by atoms with E-state index in [1.165, 1.54) is 141 Å². The molecule has 0 aromatic carbocycles. The zero-order chi connectivity index (χ0) is 45.1. The SMILES string of the molecule is CC/C=C\C/C=C\C/C=C\C/C=C\CCCCCC(=O)OCC(COC(=O)CCCCCCCCCCCCCC)OC(=O)CCCCCCCCCCCCCCCCCC. The summed E-state index contributed by atoms with van der Waals surface area (Å²) in [4.78, 5) is 38.0. The molecule has 0 fully saturated rings. The Morgan fingerprint density at radius 2 is 0.629 bits per heavy atom. The monoisotopic (exact) mass is 869 g/mol. The highest BCUT2D eigenvalue weighted by Crippen LogP contribution is 2.16. The van der Waals surface area contributed by atoms with Gasteiger partial charge in [-0.3, -0.25) is 14.4 Å². The van der Waals surface area contributed by atoms with Crippen molar-refractivity contribution >= 4 is 17.9 Å². The molecule has 0 N–H and O–H groups in total. The van der Waals surface area contributed by atoms with Crippen LogP contribution in [0.15, 0.2) is 48.6 Å². The average Bonchev–Trinajstić information content (AvgIpc) is 3.27. The van der Waals surface area contributed by atoms with Crippen molar-refractivity contribution in [2.75, 3.05) is 13.2 Å². The molecule has 0 radical (unpaired) electrons. The second-order valence-electron chi connectivity index (χ2n) is 17.8. The van der Waals surface area contributed by atoms with E-state index in [-0.39, 0.29) is 31.1 Å². The molecule has 0 aliphatic heterocycles. The van der Waals surface area contributed by atoms with Crippen LogP contribution in [0.2, 0.25) is 0 Å². The normalized spacial score (nSPS) is 12.4. The molecule has 0 bridgehead atoms. The van der Waals surface area contributed by atoms with Gasteiger partial charge in [0.1, 0.15) is 13.2 Å². The fraction of sp³-hybridized carbons (Fsp3) is 0.804. The Morgan fingerprint density at radius 1 is 0.339 bits per heavy atom. The molecular formula is C56H100O6. The van der Waals surface area contributed by atoms with Crippen molar-refractivity contribution in [1.82, 2.24) is 0 Å². The van der Waals surface area contributed by atoms with Crippen LogP contribution in [0.1, 0.15) is 271 Å². The van der Waals surface area contributed by atoms with Gasteiger partial charge in [0.2, 0.25) is 0 Å². The molecule has 6 heteroatoms. The molecule has 0 heterocycles. The summed E-state index contributed by atoms with van der Waals surface area (Å²) in [6.07, 6.45) is 60.9. The van der Waals surface area contributed by atoms with Gasteiger partial charge in [0.15, 0.2) is 6.10 Å². The number of esters is 3. The van der Waals surface area contributed by atoms with E-state index in [2.05, 4.69) is 69.4 Å². The highest BCUT2D eigenvalue weighted by Gasteiger charge is 2.19. The van der Waals surface area contributed by atoms with Gasteiger partial charge >= 0.3 is 17.9 Å². The lowest BCUT2D eigenvalue weighted by atomic mass is 10.0. The molecular weight excluding hydrogens is 769 g/mol. The van der Waals surface area contributed by atoms with Gasteiger partial charge in [0.25, 0.3) is 0 Å². The van der Waals surface area contributed by atoms with Crippen molar-refractivity contribution in [2.24, 2.45) is 0 Å². The first-order valence-electron chi connectivity index (χ1n) is 26.6. The molecule has 6 nitrogen and oxygen atoms in total. The van der Waals surface area contributed by atoms with E-state index >= 15 is 0 Å².